The smallest absolute Gasteiger partial charge is 0.282 e. The molecular formula is C17H14ClN3O3S. The Bertz CT molecular complexity index is 984. The van der Waals surface area contributed by atoms with E-state index >= 15 is 0 Å². The molecule has 1 N–H and O–H groups in total. The van der Waals surface area contributed by atoms with Gasteiger partial charge in [-0.15, -0.1) is 0 Å². The molecule has 6 nitrogen and oxygen atoms in total. The number of rotatable bonds is 4. The maximum atomic E-state index is 12.4. The number of nitro benzene ring substituents is 1. The summed E-state index contributed by atoms with van der Waals surface area (Å²) in [5, 5.41) is 14.4. The molecule has 2 aromatic carbocycles. The zero-order chi connectivity index (χ0) is 18.1. The Morgan fingerprint density at radius 3 is 2.72 bits per heavy atom. The monoisotopic (exact) mass is 375 g/mol. The van der Waals surface area contributed by atoms with Gasteiger partial charge in [0, 0.05) is 11.1 Å². The van der Waals surface area contributed by atoms with Crippen molar-refractivity contribution in [1.29, 1.82) is 0 Å². The lowest BCUT2D eigenvalue weighted by Gasteiger charge is -2.03. The van der Waals surface area contributed by atoms with Gasteiger partial charge in [-0.25, -0.2) is 4.98 Å². The van der Waals surface area contributed by atoms with Gasteiger partial charge in [0.25, 0.3) is 11.6 Å². The molecular weight excluding hydrogens is 362 g/mol. The van der Waals surface area contributed by atoms with E-state index in [0.717, 1.165) is 10.2 Å². The fourth-order valence-corrected chi connectivity index (χ4v) is 3.45. The molecule has 1 amide bonds. The summed E-state index contributed by atoms with van der Waals surface area (Å²) < 4.78 is 0.946. The Balaban J connectivity index is 1.92. The fraction of sp³-hybridized carbons (Fsp3) is 0.176. The number of anilines is 1. The molecule has 0 unspecified atom stereocenters. The number of carbonyl (C=O) groups is 1. The first-order chi connectivity index (χ1) is 11.8. The second kappa shape index (κ2) is 6.78. The number of hydrogen-bond acceptors (Lipinski definition) is 5. The summed E-state index contributed by atoms with van der Waals surface area (Å²) in [6.45, 7) is 4.20. The van der Waals surface area contributed by atoms with Crippen LogP contribution in [-0.4, -0.2) is 15.8 Å². The third-order valence-corrected chi connectivity index (χ3v) is 4.87. The number of thiazole rings is 1. The maximum Gasteiger partial charge on any atom is 0.282 e. The minimum atomic E-state index is -0.614. The van der Waals surface area contributed by atoms with E-state index in [0.29, 0.717) is 11.0 Å². The van der Waals surface area contributed by atoms with Crippen LogP contribution in [0.5, 0.6) is 0 Å². The topological polar surface area (TPSA) is 85.1 Å². The predicted molar refractivity (Wildman–Crippen MR) is 99.8 cm³/mol. The minimum Gasteiger partial charge on any atom is -0.298 e. The Kier molecular flexibility index (Phi) is 4.69. The SMILES string of the molecule is CC(C)c1ccc2nc(NC(=O)c3cc(Cl)ccc3[N+](=O)[O-])sc2c1. The zero-order valence-corrected chi connectivity index (χ0v) is 15.0. The Morgan fingerprint density at radius 2 is 2.04 bits per heavy atom. The second-order valence-corrected chi connectivity index (χ2v) is 7.24. The number of fused-ring (bicyclic) bond motifs is 1. The van der Waals surface area contributed by atoms with Crippen molar-refractivity contribution in [2.24, 2.45) is 0 Å². The van der Waals surface area contributed by atoms with Gasteiger partial charge in [-0.2, -0.15) is 0 Å². The average Bonchev–Trinajstić information content (AvgIpc) is 2.95. The summed E-state index contributed by atoms with van der Waals surface area (Å²) in [5.41, 5.74) is 1.55. The van der Waals surface area contributed by atoms with Crippen molar-refractivity contribution < 1.29 is 9.72 Å². The number of nitrogens with zero attached hydrogens (tertiary/aromatic N) is 2. The third-order valence-electron chi connectivity index (χ3n) is 3.70. The summed E-state index contributed by atoms with van der Waals surface area (Å²) in [7, 11) is 0. The molecule has 3 rings (SSSR count). The molecule has 0 saturated carbocycles. The lowest BCUT2D eigenvalue weighted by Crippen LogP contribution is -2.13. The first-order valence-corrected chi connectivity index (χ1v) is 8.70. The van der Waals surface area contributed by atoms with Crippen LogP contribution >= 0.6 is 22.9 Å². The van der Waals surface area contributed by atoms with Gasteiger partial charge in [-0.1, -0.05) is 42.9 Å². The van der Waals surface area contributed by atoms with Crippen LogP contribution in [0.25, 0.3) is 10.2 Å². The van der Waals surface area contributed by atoms with Gasteiger partial charge in [0.15, 0.2) is 5.13 Å². The van der Waals surface area contributed by atoms with E-state index in [1.807, 2.05) is 18.2 Å². The number of halogens is 1. The van der Waals surface area contributed by atoms with Crippen LogP contribution in [0.2, 0.25) is 5.02 Å². The van der Waals surface area contributed by atoms with Crippen molar-refractivity contribution in [3.05, 3.63) is 62.7 Å². The first-order valence-electron chi connectivity index (χ1n) is 7.51. The van der Waals surface area contributed by atoms with Crippen molar-refractivity contribution in [3.8, 4) is 0 Å². The molecule has 0 spiro atoms. The van der Waals surface area contributed by atoms with Crippen molar-refractivity contribution in [2.45, 2.75) is 19.8 Å². The Labute approximate surface area is 152 Å². The highest BCUT2D eigenvalue weighted by Gasteiger charge is 2.21. The quantitative estimate of drug-likeness (QED) is 0.499. The second-order valence-electron chi connectivity index (χ2n) is 5.77. The molecule has 1 aromatic heterocycles. The number of hydrogen-bond donors (Lipinski definition) is 1. The van der Waals surface area contributed by atoms with Crippen LogP contribution in [0.4, 0.5) is 10.8 Å². The zero-order valence-electron chi connectivity index (χ0n) is 13.4. The van der Waals surface area contributed by atoms with E-state index in [1.54, 1.807) is 0 Å². The van der Waals surface area contributed by atoms with Crippen LogP contribution in [0.1, 0.15) is 35.7 Å². The number of nitro groups is 1. The van der Waals surface area contributed by atoms with Gasteiger partial charge in [0.1, 0.15) is 5.56 Å². The lowest BCUT2D eigenvalue weighted by atomic mass is 10.0. The average molecular weight is 376 g/mol. The molecule has 0 aliphatic carbocycles. The van der Waals surface area contributed by atoms with Gasteiger partial charge in [-0.05, 0) is 35.7 Å². The van der Waals surface area contributed by atoms with Crippen LogP contribution < -0.4 is 5.32 Å². The normalized spacial score (nSPS) is 11.0. The number of benzene rings is 2. The summed E-state index contributed by atoms with van der Waals surface area (Å²) >= 11 is 7.19. The molecule has 3 aromatic rings. The third kappa shape index (κ3) is 3.62. The molecule has 1 heterocycles. The molecule has 0 saturated heterocycles. The van der Waals surface area contributed by atoms with Crippen LogP contribution in [0.3, 0.4) is 0 Å². The predicted octanol–water partition coefficient (Wildman–Crippen LogP) is 5.23. The van der Waals surface area contributed by atoms with Gasteiger partial charge in [0.2, 0.25) is 0 Å². The van der Waals surface area contributed by atoms with Crippen molar-refractivity contribution in [3.63, 3.8) is 0 Å². The molecule has 0 aliphatic rings. The van der Waals surface area contributed by atoms with E-state index in [1.165, 1.54) is 35.1 Å². The molecule has 0 bridgehead atoms. The van der Waals surface area contributed by atoms with Crippen molar-refractivity contribution in [2.75, 3.05) is 5.32 Å². The molecule has 0 atom stereocenters. The summed E-state index contributed by atoms with van der Waals surface area (Å²) in [6, 6.07) is 9.80. The number of carbonyl (C=O) groups excluding carboxylic acids is 1. The fourth-order valence-electron chi connectivity index (χ4n) is 2.37. The highest BCUT2D eigenvalue weighted by molar-refractivity contribution is 7.22. The van der Waals surface area contributed by atoms with Gasteiger partial charge < -0.3 is 0 Å². The number of aromatic nitrogens is 1. The van der Waals surface area contributed by atoms with E-state index in [4.69, 9.17) is 11.6 Å². The molecule has 0 aliphatic heterocycles. The highest BCUT2D eigenvalue weighted by atomic mass is 35.5. The van der Waals surface area contributed by atoms with Crippen LogP contribution in [0.15, 0.2) is 36.4 Å². The maximum absolute atomic E-state index is 12.4. The van der Waals surface area contributed by atoms with Crippen LogP contribution in [-0.2, 0) is 0 Å². The van der Waals surface area contributed by atoms with Crippen LogP contribution in [0, 0.1) is 10.1 Å². The molecule has 25 heavy (non-hydrogen) atoms. The number of amides is 1. The standard InChI is InChI=1S/C17H14ClN3O3S/c1-9(2)10-3-5-13-15(7-10)25-17(19-13)20-16(22)12-8-11(18)4-6-14(12)21(23)24/h3-9H,1-2H3,(H,19,20,22). The summed E-state index contributed by atoms with van der Waals surface area (Å²) in [6.07, 6.45) is 0. The minimum absolute atomic E-state index is 0.0976. The van der Waals surface area contributed by atoms with E-state index in [2.05, 4.69) is 24.1 Å². The van der Waals surface area contributed by atoms with Gasteiger partial charge >= 0.3 is 0 Å². The molecule has 128 valence electrons. The largest absolute Gasteiger partial charge is 0.298 e. The van der Waals surface area contributed by atoms with Crippen molar-refractivity contribution in [1.82, 2.24) is 4.98 Å². The Morgan fingerprint density at radius 1 is 1.28 bits per heavy atom. The molecule has 0 radical (unpaired) electrons. The number of nitrogens with one attached hydrogen (secondary N) is 1. The van der Waals surface area contributed by atoms with E-state index in [-0.39, 0.29) is 16.3 Å². The van der Waals surface area contributed by atoms with Crippen molar-refractivity contribution >= 4 is 49.9 Å². The molecule has 8 heteroatoms. The highest BCUT2D eigenvalue weighted by Crippen LogP contribution is 2.30. The lowest BCUT2D eigenvalue weighted by molar-refractivity contribution is -0.385. The molecule has 0 fully saturated rings. The van der Waals surface area contributed by atoms with Gasteiger partial charge in [-0.3, -0.25) is 20.2 Å². The Hall–Kier alpha value is -2.51. The summed E-state index contributed by atoms with van der Waals surface area (Å²) in [4.78, 5) is 27.3. The van der Waals surface area contributed by atoms with E-state index in [9.17, 15) is 14.9 Å². The first kappa shape index (κ1) is 17.3. The summed E-state index contributed by atoms with van der Waals surface area (Å²) in [5.74, 6) is -0.226. The van der Waals surface area contributed by atoms with Gasteiger partial charge in [0.05, 0.1) is 15.1 Å². The van der Waals surface area contributed by atoms with E-state index < -0.39 is 10.8 Å².